The van der Waals surface area contributed by atoms with Crippen LogP contribution in [-0.2, 0) is 0 Å². The lowest BCUT2D eigenvalue weighted by Crippen LogP contribution is -2.41. The van der Waals surface area contributed by atoms with Crippen molar-refractivity contribution in [2.24, 2.45) is 5.92 Å². The predicted octanol–water partition coefficient (Wildman–Crippen LogP) is 3.91. The van der Waals surface area contributed by atoms with E-state index in [1.807, 2.05) is 25.1 Å². The Morgan fingerprint density at radius 3 is 2.83 bits per heavy atom. The molecule has 2 nitrogen and oxygen atoms in total. The molecule has 1 aliphatic heterocycles. The van der Waals surface area contributed by atoms with Crippen LogP contribution in [0.15, 0.2) is 18.2 Å². The third-order valence-corrected chi connectivity index (χ3v) is 4.27. The molecule has 1 saturated carbocycles. The minimum absolute atomic E-state index is 0.238. The number of rotatable bonds is 2. The summed E-state index contributed by atoms with van der Waals surface area (Å²) in [5.74, 6) is 1.77. The normalized spacial score (nSPS) is 27.3. The summed E-state index contributed by atoms with van der Waals surface area (Å²) >= 11 is 0. The fraction of sp³-hybridized carbons (Fsp3) is 0.562. The first-order valence-corrected chi connectivity index (χ1v) is 6.89. The number of fused-ring (bicyclic) bond motifs is 1. The average molecular weight is 244 g/mol. The summed E-state index contributed by atoms with van der Waals surface area (Å²) in [6.07, 6.45) is 5.48. The van der Waals surface area contributed by atoms with Gasteiger partial charge in [0.25, 0.3) is 0 Å². The molecule has 0 amide bonds. The first kappa shape index (κ1) is 11.8. The second-order valence-corrected chi connectivity index (χ2v) is 6.15. The molecule has 18 heavy (non-hydrogen) atoms. The topological polar surface area (TPSA) is 26.3 Å². The number of carbonyl (C=O) groups excluding carboxylic acids is 1. The van der Waals surface area contributed by atoms with Gasteiger partial charge in [-0.2, -0.15) is 0 Å². The zero-order chi connectivity index (χ0) is 12.8. The van der Waals surface area contributed by atoms with Crippen molar-refractivity contribution in [3.05, 3.63) is 29.3 Å². The number of carbonyl (C=O) groups is 1. The maximum atomic E-state index is 12.3. The van der Waals surface area contributed by atoms with Crippen LogP contribution in [-0.4, -0.2) is 11.4 Å². The van der Waals surface area contributed by atoms with Gasteiger partial charge in [0.15, 0.2) is 5.78 Å². The lowest BCUT2D eigenvalue weighted by Gasteiger charge is -2.39. The van der Waals surface area contributed by atoms with Crippen molar-refractivity contribution < 1.29 is 9.53 Å². The molecule has 1 atom stereocenters. The molecule has 1 fully saturated rings. The van der Waals surface area contributed by atoms with Crippen LogP contribution in [0.5, 0.6) is 5.75 Å². The standard InChI is InChI=1S/C16H20O2/c1-11-6-7-15-13(8-11)14(17)10-16(2,18-15)9-12-4-3-5-12/h6-8,12H,3-5,9-10H2,1-2H3. The fourth-order valence-electron chi connectivity index (χ4n) is 3.11. The van der Waals surface area contributed by atoms with Crippen molar-refractivity contribution >= 4 is 5.78 Å². The van der Waals surface area contributed by atoms with Crippen LogP contribution in [0.1, 0.15) is 54.9 Å². The Morgan fingerprint density at radius 2 is 2.17 bits per heavy atom. The average Bonchev–Trinajstić information content (AvgIpc) is 2.25. The molecular formula is C16H20O2. The lowest BCUT2D eigenvalue weighted by atomic mass is 9.75. The van der Waals surface area contributed by atoms with E-state index in [9.17, 15) is 4.79 Å². The summed E-state index contributed by atoms with van der Waals surface area (Å²) in [6, 6.07) is 5.91. The molecule has 0 aromatic heterocycles. The van der Waals surface area contributed by atoms with Crippen LogP contribution < -0.4 is 4.74 Å². The Bertz CT molecular complexity index is 488. The monoisotopic (exact) mass is 244 g/mol. The van der Waals surface area contributed by atoms with Crippen LogP contribution in [0.25, 0.3) is 0 Å². The molecule has 2 aliphatic rings. The number of ether oxygens (including phenoxy) is 1. The van der Waals surface area contributed by atoms with Gasteiger partial charge in [-0.05, 0) is 38.3 Å². The Labute approximate surface area is 108 Å². The molecule has 1 aromatic rings. The minimum atomic E-state index is -0.287. The number of ketones is 1. The van der Waals surface area contributed by atoms with Crippen molar-refractivity contribution in [3.8, 4) is 5.75 Å². The van der Waals surface area contributed by atoms with Gasteiger partial charge in [-0.15, -0.1) is 0 Å². The Morgan fingerprint density at radius 1 is 1.39 bits per heavy atom. The highest BCUT2D eigenvalue weighted by Gasteiger charge is 2.39. The van der Waals surface area contributed by atoms with E-state index >= 15 is 0 Å². The highest BCUT2D eigenvalue weighted by atomic mass is 16.5. The van der Waals surface area contributed by atoms with E-state index in [-0.39, 0.29) is 11.4 Å². The van der Waals surface area contributed by atoms with Crippen molar-refractivity contribution in [2.75, 3.05) is 0 Å². The summed E-state index contributed by atoms with van der Waals surface area (Å²) in [4.78, 5) is 12.3. The highest BCUT2D eigenvalue weighted by molar-refractivity contribution is 6.00. The van der Waals surface area contributed by atoms with Gasteiger partial charge in [0, 0.05) is 0 Å². The second kappa shape index (κ2) is 4.11. The summed E-state index contributed by atoms with van der Waals surface area (Å²) in [6.45, 7) is 4.10. The van der Waals surface area contributed by atoms with Crippen LogP contribution in [0.4, 0.5) is 0 Å². The molecule has 0 spiro atoms. The number of hydrogen-bond donors (Lipinski definition) is 0. The second-order valence-electron chi connectivity index (χ2n) is 6.15. The van der Waals surface area contributed by atoms with E-state index in [2.05, 4.69) is 6.92 Å². The van der Waals surface area contributed by atoms with Gasteiger partial charge in [0.05, 0.1) is 12.0 Å². The van der Waals surface area contributed by atoms with E-state index in [1.54, 1.807) is 0 Å². The molecule has 0 N–H and O–H groups in total. The molecule has 0 radical (unpaired) electrons. The van der Waals surface area contributed by atoms with Crippen molar-refractivity contribution in [2.45, 2.75) is 51.6 Å². The summed E-state index contributed by atoms with van der Waals surface area (Å²) in [5.41, 5.74) is 1.60. The summed E-state index contributed by atoms with van der Waals surface area (Å²) < 4.78 is 6.13. The van der Waals surface area contributed by atoms with Crippen LogP contribution in [0.2, 0.25) is 0 Å². The van der Waals surface area contributed by atoms with E-state index in [0.717, 1.165) is 29.2 Å². The first-order valence-electron chi connectivity index (χ1n) is 6.89. The smallest absolute Gasteiger partial charge is 0.170 e. The Balaban J connectivity index is 1.85. The van der Waals surface area contributed by atoms with E-state index < -0.39 is 0 Å². The number of hydrogen-bond acceptors (Lipinski definition) is 2. The maximum Gasteiger partial charge on any atom is 0.170 e. The highest BCUT2D eigenvalue weighted by Crippen LogP contribution is 2.41. The molecule has 1 aliphatic carbocycles. The number of benzene rings is 1. The number of aryl methyl sites for hydroxylation is 1. The summed E-state index contributed by atoms with van der Waals surface area (Å²) in [5, 5.41) is 0. The van der Waals surface area contributed by atoms with E-state index in [0.29, 0.717) is 6.42 Å². The van der Waals surface area contributed by atoms with Gasteiger partial charge in [-0.25, -0.2) is 0 Å². The van der Waals surface area contributed by atoms with Gasteiger partial charge in [-0.3, -0.25) is 4.79 Å². The Kier molecular flexibility index (Phi) is 2.69. The molecule has 0 bridgehead atoms. The molecule has 0 saturated heterocycles. The van der Waals surface area contributed by atoms with Gasteiger partial charge in [0.1, 0.15) is 11.4 Å². The molecular weight excluding hydrogens is 224 g/mol. The van der Waals surface area contributed by atoms with Crippen molar-refractivity contribution in [1.82, 2.24) is 0 Å². The molecule has 1 unspecified atom stereocenters. The van der Waals surface area contributed by atoms with Gasteiger partial charge in [0.2, 0.25) is 0 Å². The third-order valence-electron chi connectivity index (χ3n) is 4.27. The molecule has 2 heteroatoms. The predicted molar refractivity (Wildman–Crippen MR) is 71.1 cm³/mol. The molecule has 1 aromatic carbocycles. The molecule has 1 heterocycles. The minimum Gasteiger partial charge on any atom is -0.486 e. The number of Topliss-reactive ketones (excluding diaryl/α,β-unsaturated/α-hetero) is 1. The lowest BCUT2D eigenvalue weighted by molar-refractivity contribution is 0.0258. The van der Waals surface area contributed by atoms with Crippen LogP contribution >= 0.6 is 0 Å². The van der Waals surface area contributed by atoms with Crippen molar-refractivity contribution in [3.63, 3.8) is 0 Å². The Hall–Kier alpha value is -1.31. The third kappa shape index (κ3) is 2.05. The summed E-state index contributed by atoms with van der Waals surface area (Å²) in [7, 11) is 0. The zero-order valence-corrected chi connectivity index (χ0v) is 11.2. The zero-order valence-electron chi connectivity index (χ0n) is 11.2. The maximum absolute atomic E-state index is 12.3. The van der Waals surface area contributed by atoms with Crippen LogP contribution in [0, 0.1) is 12.8 Å². The van der Waals surface area contributed by atoms with Gasteiger partial charge >= 0.3 is 0 Å². The fourth-order valence-corrected chi connectivity index (χ4v) is 3.11. The van der Waals surface area contributed by atoms with Crippen molar-refractivity contribution in [1.29, 1.82) is 0 Å². The van der Waals surface area contributed by atoms with Gasteiger partial charge < -0.3 is 4.74 Å². The van der Waals surface area contributed by atoms with Crippen LogP contribution in [0.3, 0.4) is 0 Å². The molecule has 3 rings (SSSR count). The van der Waals surface area contributed by atoms with Gasteiger partial charge in [-0.1, -0.05) is 30.9 Å². The SMILES string of the molecule is Cc1ccc2c(c1)C(=O)CC(C)(CC1CCC1)O2. The largest absolute Gasteiger partial charge is 0.486 e. The first-order chi connectivity index (χ1) is 8.56. The molecule has 96 valence electrons. The van der Waals surface area contributed by atoms with E-state index in [1.165, 1.54) is 19.3 Å². The quantitative estimate of drug-likeness (QED) is 0.788. The van der Waals surface area contributed by atoms with E-state index in [4.69, 9.17) is 4.74 Å².